The fourth-order valence-electron chi connectivity index (χ4n) is 2.85. The smallest absolute Gasteiger partial charge is 0.412 e. The molecule has 1 aromatic rings. The summed E-state index contributed by atoms with van der Waals surface area (Å²) in [5, 5.41) is 0. The summed E-state index contributed by atoms with van der Waals surface area (Å²) >= 11 is 0. The molecule has 0 N–H and O–H groups in total. The second-order valence-corrected chi connectivity index (χ2v) is 6.25. The van der Waals surface area contributed by atoms with E-state index in [1.54, 1.807) is 4.90 Å². The fraction of sp³-hybridized carbons (Fsp3) is 0.556. The molecule has 1 fully saturated rings. The molecule has 8 heteroatoms. The third-order valence-electron chi connectivity index (χ3n) is 4.43. The Labute approximate surface area is 151 Å². The van der Waals surface area contributed by atoms with Crippen LogP contribution >= 0.6 is 0 Å². The van der Waals surface area contributed by atoms with Gasteiger partial charge in [-0.15, -0.1) is 0 Å². The number of ether oxygens (including phenoxy) is 5. The Balaban J connectivity index is 1.48. The Morgan fingerprint density at radius 2 is 2.00 bits per heavy atom. The summed E-state index contributed by atoms with van der Waals surface area (Å²) in [6, 6.07) is 5.64. The summed E-state index contributed by atoms with van der Waals surface area (Å²) in [5.74, 6) is 0.792. The summed E-state index contributed by atoms with van der Waals surface area (Å²) in [4.78, 5) is 25.4. The van der Waals surface area contributed by atoms with Crippen LogP contribution in [0.25, 0.3) is 0 Å². The predicted octanol–water partition coefficient (Wildman–Crippen LogP) is 1.95. The first kappa shape index (κ1) is 18.3. The molecule has 0 aromatic heterocycles. The number of fused-ring (bicyclic) bond motifs is 1. The summed E-state index contributed by atoms with van der Waals surface area (Å²) < 4.78 is 25.6. The molecule has 0 spiro atoms. The first-order valence-corrected chi connectivity index (χ1v) is 8.64. The van der Waals surface area contributed by atoms with E-state index < -0.39 is 12.1 Å². The molecule has 0 bridgehead atoms. The fourth-order valence-corrected chi connectivity index (χ4v) is 2.85. The lowest BCUT2D eigenvalue weighted by Crippen LogP contribution is -2.41. The van der Waals surface area contributed by atoms with E-state index in [4.69, 9.17) is 23.7 Å². The summed E-state index contributed by atoms with van der Waals surface area (Å²) in [7, 11) is 0. The van der Waals surface area contributed by atoms with Crippen molar-refractivity contribution in [3.8, 4) is 11.5 Å². The molecule has 0 aliphatic carbocycles. The van der Waals surface area contributed by atoms with Crippen LogP contribution in [0.5, 0.6) is 11.5 Å². The van der Waals surface area contributed by atoms with Crippen molar-refractivity contribution >= 4 is 12.1 Å². The highest BCUT2D eigenvalue weighted by atomic mass is 16.7. The lowest BCUT2D eigenvalue weighted by atomic mass is 10.1. The number of hydrogen-bond acceptors (Lipinski definition) is 7. The molecule has 0 radical (unpaired) electrons. The average molecular weight is 365 g/mol. The number of carbonyl (C=O) groups is 2. The molecule has 3 rings (SSSR count). The molecule has 2 aliphatic heterocycles. The van der Waals surface area contributed by atoms with E-state index in [2.05, 4.69) is 0 Å². The van der Waals surface area contributed by atoms with Crippen molar-refractivity contribution in [1.29, 1.82) is 0 Å². The minimum absolute atomic E-state index is 0.0939. The number of esters is 1. The topological polar surface area (TPSA) is 83.5 Å². The number of rotatable bonds is 7. The van der Waals surface area contributed by atoms with E-state index in [9.17, 15) is 9.59 Å². The van der Waals surface area contributed by atoms with E-state index in [-0.39, 0.29) is 25.5 Å². The molecule has 8 nitrogen and oxygen atoms in total. The lowest BCUT2D eigenvalue weighted by Gasteiger charge is -2.28. The molecular weight excluding hydrogens is 342 g/mol. The number of hydrogen-bond donors (Lipinski definition) is 0. The minimum Gasteiger partial charge on any atom is -0.454 e. The molecule has 2 aliphatic rings. The van der Waals surface area contributed by atoms with Gasteiger partial charge in [0.2, 0.25) is 13.6 Å². The minimum atomic E-state index is -0.515. The Kier molecular flexibility index (Phi) is 5.82. The van der Waals surface area contributed by atoms with Crippen LogP contribution < -0.4 is 9.47 Å². The van der Waals surface area contributed by atoms with Gasteiger partial charge in [-0.25, -0.2) is 4.79 Å². The van der Waals surface area contributed by atoms with Crippen LogP contribution in [0, 0.1) is 5.92 Å². The molecule has 0 unspecified atom stereocenters. The van der Waals surface area contributed by atoms with Crippen molar-refractivity contribution in [1.82, 2.24) is 4.90 Å². The van der Waals surface area contributed by atoms with Crippen LogP contribution in [0.3, 0.4) is 0 Å². The Hall–Kier alpha value is -2.48. The maximum Gasteiger partial charge on any atom is 0.412 e. The highest BCUT2D eigenvalue weighted by Gasteiger charge is 2.28. The molecule has 1 amide bonds. The normalized spacial score (nSPS) is 16.5. The molecule has 0 saturated carbocycles. The van der Waals surface area contributed by atoms with Gasteiger partial charge in [0.05, 0.1) is 13.2 Å². The standard InChI is InChI=1S/C18H23NO7/c1-3-19(18(21)26-11-25-17(20)14-8-22-9-14)12(2)6-13-4-5-15-16(7-13)24-10-23-15/h4-5,7,12,14H,3,6,8-11H2,1-2H3/t12-/m0/s1. The SMILES string of the molecule is CCN(C(=O)OCOC(=O)C1COC1)[C@@H](C)Cc1ccc2c(c1)OCO2. The van der Waals surface area contributed by atoms with E-state index in [1.807, 2.05) is 32.0 Å². The molecule has 1 saturated heterocycles. The molecule has 1 aromatic carbocycles. The van der Waals surface area contributed by atoms with Crippen molar-refractivity contribution in [3.05, 3.63) is 23.8 Å². The van der Waals surface area contributed by atoms with Crippen LogP contribution in [0.15, 0.2) is 18.2 Å². The maximum atomic E-state index is 12.3. The Morgan fingerprint density at radius 1 is 1.23 bits per heavy atom. The highest BCUT2D eigenvalue weighted by molar-refractivity contribution is 5.73. The van der Waals surface area contributed by atoms with Crippen LogP contribution in [0.4, 0.5) is 4.79 Å². The average Bonchev–Trinajstić information content (AvgIpc) is 3.01. The van der Waals surface area contributed by atoms with Crippen molar-refractivity contribution in [3.63, 3.8) is 0 Å². The summed E-state index contributed by atoms with van der Waals surface area (Å²) in [6.45, 7) is 4.85. The predicted molar refractivity (Wildman–Crippen MR) is 89.9 cm³/mol. The van der Waals surface area contributed by atoms with Gasteiger partial charge in [-0.05, 0) is 38.0 Å². The Morgan fingerprint density at radius 3 is 2.69 bits per heavy atom. The zero-order chi connectivity index (χ0) is 18.5. The molecular formula is C18H23NO7. The second kappa shape index (κ2) is 8.27. The van der Waals surface area contributed by atoms with Gasteiger partial charge in [-0.2, -0.15) is 0 Å². The van der Waals surface area contributed by atoms with Gasteiger partial charge in [-0.3, -0.25) is 4.79 Å². The maximum absolute atomic E-state index is 12.3. The van der Waals surface area contributed by atoms with Crippen molar-refractivity contribution in [2.45, 2.75) is 26.3 Å². The van der Waals surface area contributed by atoms with Gasteiger partial charge in [0.1, 0.15) is 5.92 Å². The summed E-state index contributed by atoms with van der Waals surface area (Å²) in [5.41, 5.74) is 1.03. The van der Waals surface area contributed by atoms with Crippen LogP contribution in [-0.4, -0.2) is 56.3 Å². The van der Waals surface area contributed by atoms with Gasteiger partial charge < -0.3 is 28.6 Å². The quantitative estimate of drug-likeness (QED) is 0.539. The third kappa shape index (κ3) is 4.19. The number of amides is 1. The van der Waals surface area contributed by atoms with Crippen molar-refractivity contribution in [2.24, 2.45) is 5.92 Å². The monoisotopic (exact) mass is 365 g/mol. The van der Waals surface area contributed by atoms with Gasteiger partial charge in [-0.1, -0.05) is 6.07 Å². The van der Waals surface area contributed by atoms with Crippen molar-refractivity contribution in [2.75, 3.05) is 33.3 Å². The van der Waals surface area contributed by atoms with Gasteiger partial charge >= 0.3 is 12.1 Å². The summed E-state index contributed by atoms with van der Waals surface area (Å²) in [6.07, 6.45) is 0.122. The third-order valence-corrected chi connectivity index (χ3v) is 4.43. The van der Waals surface area contributed by atoms with Crippen LogP contribution in [0.2, 0.25) is 0 Å². The Bertz CT molecular complexity index is 659. The number of carbonyl (C=O) groups excluding carboxylic acids is 2. The largest absolute Gasteiger partial charge is 0.454 e. The number of nitrogens with zero attached hydrogens (tertiary/aromatic N) is 1. The van der Waals surface area contributed by atoms with Gasteiger partial charge in [0.15, 0.2) is 11.5 Å². The first-order chi connectivity index (χ1) is 12.6. The van der Waals surface area contributed by atoms with E-state index in [0.717, 1.165) is 11.3 Å². The second-order valence-electron chi connectivity index (χ2n) is 6.25. The molecule has 2 heterocycles. The molecule has 1 atom stereocenters. The van der Waals surface area contributed by atoms with E-state index >= 15 is 0 Å². The van der Waals surface area contributed by atoms with Crippen LogP contribution in [-0.2, 0) is 25.4 Å². The van der Waals surface area contributed by atoms with Gasteiger partial charge in [0, 0.05) is 12.6 Å². The first-order valence-electron chi connectivity index (χ1n) is 8.64. The highest BCUT2D eigenvalue weighted by Crippen LogP contribution is 2.33. The van der Waals surface area contributed by atoms with Gasteiger partial charge in [0.25, 0.3) is 0 Å². The zero-order valence-corrected chi connectivity index (χ0v) is 14.9. The number of likely N-dealkylation sites (N-methyl/N-ethyl adjacent to an activating group) is 1. The molecule has 142 valence electrons. The zero-order valence-electron chi connectivity index (χ0n) is 14.9. The van der Waals surface area contributed by atoms with E-state index in [1.165, 1.54) is 0 Å². The van der Waals surface area contributed by atoms with E-state index in [0.29, 0.717) is 31.9 Å². The lowest BCUT2D eigenvalue weighted by molar-refractivity contribution is -0.171. The van der Waals surface area contributed by atoms with Crippen LogP contribution in [0.1, 0.15) is 19.4 Å². The number of benzene rings is 1. The van der Waals surface area contributed by atoms with Crippen molar-refractivity contribution < 1.29 is 33.3 Å². The molecule has 26 heavy (non-hydrogen) atoms.